The quantitative estimate of drug-likeness (QED) is 0.745. The Kier molecular flexibility index (Phi) is 4.39. The molecule has 0 saturated carbocycles. The summed E-state index contributed by atoms with van der Waals surface area (Å²) in [7, 11) is 0. The molecular formula is C15H11BrF4O. The van der Waals surface area contributed by atoms with Gasteiger partial charge >= 0.3 is 6.18 Å². The van der Waals surface area contributed by atoms with Gasteiger partial charge in [-0.1, -0.05) is 34.1 Å². The van der Waals surface area contributed by atoms with Crippen LogP contribution in [0.4, 0.5) is 17.6 Å². The molecule has 0 aliphatic heterocycles. The molecular weight excluding hydrogens is 352 g/mol. The van der Waals surface area contributed by atoms with Crippen LogP contribution in [0.1, 0.15) is 28.4 Å². The van der Waals surface area contributed by atoms with Crippen molar-refractivity contribution in [2.24, 2.45) is 0 Å². The number of aryl methyl sites for hydroxylation is 1. The van der Waals surface area contributed by atoms with Crippen LogP contribution >= 0.6 is 15.9 Å². The summed E-state index contributed by atoms with van der Waals surface area (Å²) in [5.74, 6) is -1.40. The van der Waals surface area contributed by atoms with E-state index in [0.29, 0.717) is 22.2 Å². The zero-order valence-corrected chi connectivity index (χ0v) is 12.5. The molecule has 0 heterocycles. The fourth-order valence-corrected chi connectivity index (χ4v) is 2.67. The van der Waals surface area contributed by atoms with Gasteiger partial charge in [0.05, 0.1) is 5.56 Å². The molecule has 0 saturated heterocycles. The molecule has 6 heteroatoms. The maximum atomic E-state index is 13.5. The highest BCUT2D eigenvalue weighted by Gasteiger charge is 2.34. The van der Waals surface area contributed by atoms with Crippen LogP contribution in [0, 0.1) is 12.7 Å². The van der Waals surface area contributed by atoms with Crippen molar-refractivity contribution in [2.75, 3.05) is 0 Å². The van der Waals surface area contributed by atoms with Crippen molar-refractivity contribution in [1.82, 2.24) is 0 Å². The fourth-order valence-electron chi connectivity index (χ4n) is 1.96. The van der Waals surface area contributed by atoms with E-state index in [1.54, 1.807) is 18.2 Å². The standard InChI is InChI=1S/C15H11BrF4O/c1-8-2-4-10(12(16)6-8)14(21)9-3-5-11(13(17)7-9)15(18,19)20/h2-7,14,21H,1H3. The van der Waals surface area contributed by atoms with Gasteiger partial charge in [-0.3, -0.25) is 0 Å². The molecule has 112 valence electrons. The molecule has 0 aromatic heterocycles. The summed E-state index contributed by atoms with van der Waals surface area (Å²) in [4.78, 5) is 0. The number of alkyl halides is 3. The largest absolute Gasteiger partial charge is 0.419 e. The van der Waals surface area contributed by atoms with Crippen molar-refractivity contribution in [3.63, 3.8) is 0 Å². The van der Waals surface area contributed by atoms with E-state index in [-0.39, 0.29) is 5.56 Å². The Morgan fingerprint density at radius 2 is 1.76 bits per heavy atom. The monoisotopic (exact) mass is 362 g/mol. The number of rotatable bonds is 2. The van der Waals surface area contributed by atoms with Crippen LogP contribution in [-0.4, -0.2) is 5.11 Å². The topological polar surface area (TPSA) is 20.2 Å². The zero-order chi connectivity index (χ0) is 15.8. The van der Waals surface area contributed by atoms with Crippen LogP contribution in [0.15, 0.2) is 40.9 Å². The van der Waals surface area contributed by atoms with Crippen molar-refractivity contribution < 1.29 is 22.7 Å². The molecule has 0 spiro atoms. The van der Waals surface area contributed by atoms with E-state index in [9.17, 15) is 22.7 Å². The van der Waals surface area contributed by atoms with E-state index in [1.807, 2.05) is 6.92 Å². The summed E-state index contributed by atoms with van der Waals surface area (Å²) in [6.45, 7) is 1.86. The number of aliphatic hydroxyl groups is 1. The first kappa shape index (κ1) is 16.0. The molecule has 1 atom stereocenters. The van der Waals surface area contributed by atoms with Gasteiger partial charge < -0.3 is 5.11 Å². The molecule has 0 aliphatic rings. The number of aliphatic hydroxyl groups excluding tert-OH is 1. The predicted molar refractivity (Wildman–Crippen MR) is 74.3 cm³/mol. The molecule has 1 nitrogen and oxygen atoms in total. The first-order chi connectivity index (χ1) is 9.70. The molecule has 21 heavy (non-hydrogen) atoms. The van der Waals surface area contributed by atoms with Crippen LogP contribution in [-0.2, 0) is 6.18 Å². The van der Waals surface area contributed by atoms with E-state index in [4.69, 9.17) is 0 Å². The van der Waals surface area contributed by atoms with Gasteiger partial charge in [0.2, 0.25) is 0 Å². The third-order valence-electron chi connectivity index (χ3n) is 3.06. The third kappa shape index (κ3) is 3.44. The molecule has 0 radical (unpaired) electrons. The summed E-state index contributed by atoms with van der Waals surface area (Å²) < 4.78 is 51.7. The lowest BCUT2D eigenvalue weighted by molar-refractivity contribution is -0.140. The van der Waals surface area contributed by atoms with Crippen molar-refractivity contribution in [3.05, 3.63) is 68.9 Å². The van der Waals surface area contributed by atoms with Gasteiger partial charge in [0.1, 0.15) is 11.9 Å². The Bertz CT molecular complexity index is 667. The second-order valence-corrected chi connectivity index (χ2v) is 5.52. The van der Waals surface area contributed by atoms with E-state index in [0.717, 1.165) is 11.6 Å². The number of benzene rings is 2. The molecule has 0 amide bonds. The van der Waals surface area contributed by atoms with Gasteiger partial charge in [-0.2, -0.15) is 13.2 Å². The second-order valence-electron chi connectivity index (χ2n) is 4.66. The first-order valence-electron chi connectivity index (χ1n) is 6.01. The van der Waals surface area contributed by atoms with Gasteiger partial charge in [0.15, 0.2) is 0 Å². The van der Waals surface area contributed by atoms with Gasteiger partial charge in [-0.25, -0.2) is 4.39 Å². The number of hydrogen-bond acceptors (Lipinski definition) is 1. The Labute approximate surface area is 127 Å². The Balaban J connectivity index is 2.40. The van der Waals surface area contributed by atoms with Crippen LogP contribution in [0.3, 0.4) is 0 Å². The minimum absolute atomic E-state index is 0.0602. The minimum Gasteiger partial charge on any atom is -0.384 e. The van der Waals surface area contributed by atoms with Crippen molar-refractivity contribution in [2.45, 2.75) is 19.2 Å². The molecule has 2 aromatic rings. The summed E-state index contributed by atoms with van der Waals surface area (Å²) in [6, 6.07) is 7.57. The Hall–Kier alpha value is -1.40. The lowest BCUT2D eigenvalue weighted by Gasteiger charge is -2.15. The van der Waals surface area contributed by atoms with E-state index < -0.39 is 23.7 Å². The SMILES string of the molecule is Cc1ccc(C(O)c2ccc(C(F)(F)F)c(F)c2)c(Br)c1. The van der Waals surface area contributed by atoms with Crippen LogP contribution < -0.4 is 0 Å². The summed E-state index contributed by atoms with van der Waals surface area (Å²) >= 11 is 3.28. The third-order valence-corrected chi connectivity index (χ3v) is 3.75. The van der Waals surface area contributed by atoms with Gasteiger partial charge in [0, 0.05) is 4.47 Å². The maximum Gasteiger partial charge on any atom is 0.419 e. The highest BCUT2D eigenvalue weighted by molar-refractivity contribution is 9.10. The van der Waals surface area contributed by atoms with E-state index in [1.165, 1.54) is 0 Å². The van der Waals surface area contributed by atoms with Gasteiger partial charge in [-0.05, 0) is 41.8 Å². The number of halogens is 5. The van der Waals surface area contributed by atoms with Gasteiger partial charge in [-0.15, -0.1) is 0 Å². The van der Waals surface area contributed by atoms with Crippen LogP contribution in [0.25, 0.3) is 0 Å². The average molecular weight is 363 g/mol. The molecule has 1 N–H and O–H groups in total. The first-order valence-corrected chi connectivity index (χ1v) is 6.80. The molecule has 0 bridgehead atoms. The lowest BCUT2D eigenvalue weighted by atomic mass is 9.99. The smallest absolute Gasteiger partial charge is 0.384 e. The Morgan fingerprint density at radius 3 is 2.29 bits per heavy atom. The molecule has 2 rings (SSSR count). The second kappa shape index (κ2) is 5.77. The van der Waals surface area contributed by atoms with Crippen molar-refractivity contribution in [1.29, 1.82) is 0 Å². The maximum absolute atomic E-state index is 13.5. The molecule has 0 aliphatic carbocycles. The van der Waals surface area contributed by atoms with Crippen LogP contribution in [0.5, 0.6) is 0 Å². The van der Waals surface area contributed by atoms with E-state index in [2.05, 4.69) is 15.9 Å². The fraction of sp³-hybridized carbons (Fsp3) is 0.200. The van der Waals surface area contributed by atoms with Crippen molar-refractivity contribution in [3.8, 4) is 0 Å². The Morgan fingerprint density at radius 1 is 1.10 bits per heavy atom. The van der Waals surface area contributed by atoms with Gasteiger partial charge in [0.25, 0.3) is 0 Å². The number of hydrogen-bond donors (Lipinski definition) is 1. The van der Waals surface area contributed by atoms with E-state index >= 15 is 0 Å². The average Bonchev–Trinajstić information content (AvgIpc) is 2.36. The normalized spacial score (nSPS) is 13.3. The zero-order valence-electron chi connectivity index (χ0n) is 10.9. The van der Waals surface area contributed by atoms with Crippen molar-refractivity contribution >= 4 is 15.9 Å². The molecule has 2 aromatic carbocycles. The molecule has 1 unspecified atom stereocenters. The lowest BCUT2D eigenvalue weighted by Crippen LogP contribution is -2.09. The highest BCUT2D eigenvalue weighted by Crippen LogP contribution is 2.34. The van der Waals surface area contributed by atoms with Crippen LogP contribution in [0.2, 0.25) is 0 Å². The summed E-state index contributed by atoms with van der Waals surface area (Å²) in [5.41, 5.74) is 0.127. The molecule has 0 fully saturated rings. The predicted octanol–water partition coefficient (Wildman–Crippen LogP) is 5.00. The minimum atomic E-state index is -4.75. The highest BCUT2D eigenvalue weighted by atomic mass is 79.9. The summed E-state index contributed by atoms with van der Waals surface area (Å²) in [5, 5.41) is 10.2. The summed E-state index contributed by atoms with van der Waals surface area (Å²) in [6.07, 6.45) is -5.96.